The summed E-state index contributed by atoms with van der Waals surface area (Å²) in [5, 5.41) is 0. The lowest BCUT2D eigenvalue weighted by molar-refractivity contribution is 0.0426. The Bertz CT molecular complexity index is 2310. The normalized spacial score (nSPS) is 24.8. The topological polar surface area (TPSA) is 3.24 Å². The van der Waals surface area contributed by atoms with E-state index in [-0.39, 0.29) is 10.8 Å². The summed E-state index contributed by atoms with van der Waals surface area (Å²) in [6, 6.07) is 53.1. The van der Waals surface area contributed by atoms with E-state index in [1.807, 2.05) is 0 Å². The van der Waals surface area contributed by atoms with Crippen molar-refractivity contribution in [1.82, 2.24) is 0 Å². The summed E-state index contributed by atoms with van der Waals surface area (Å²) in [6.45, 7) is 9.87. The molecule has 0 aromatic heterocycles. The van der Waals surface area contributed by atoms with Crippen molar-refractivity contribution < 1.29 is 0 Å². The Kier molecular flexibility index (Phi) is 6.85. The van der Waals surface area contributed by atoms with E-state index in [0.29, 0.717) is 11.8 Å². The van der Waals surface area contributed by atoms with Crippen LogP contribution in [0.5, 0.6) is 0 Å². The molecule has 4 aliphatic carbocycles. The number of benzene rings is 6. The molecule has 6 aromatic carbocycles. The molecule has 1 spiro atoms. The highest BCUT2D eigenvalue weighted by Crippen LogP contribution is 2.65. The maximum atomic E-state index is 2.62. The fourth-order valence-corrected chi connectivity index (χ4v) is 11.6. The minimum atomic E-state index is -0.0745. The first-order valence-electron chi connectivity index (χ1n) is 19.3. The van der Waals surface area contributed by atoms with Crippen molar-refractivity contribution in [3.8, 4) is 33.4 Å². The molecular formula is C50H47N. The van der Waals surface area contributed by atoms with Gasteiger partial charge in [0.25, 0.3) is 0 Å². The van der Waals surface area contributed by atoms with Crippen molar-refractivity contribution in [2.75, 3.05) is 4.90 Å². The number of hydrogen-bond donors (Lipinski definition) is 0. The van der Waals surface area contributed by atoms with E-state index in [2.05, 4.69) is 172 Å². The monoisotopic (exact) mass is 661 g/mol. The van der Waals surface area contributed by atoms with Gasteiger partial charge in [-0.1, -0.05) is 131 Å². The van der Waals surface area contributed by atoms with E-state index in [1.54, 1.807) is 11.1 Å². The molecule has 0 aliphatic heterocycles. The van der Waals surface area contributed by atoms with Crippen LogP contribution in [-0.4, -0.2) is 0 Å². The van der Waals surface area contributed by atoms with E-state index in [0.717, 1.165) is 11.8 Å². The van der Waals surface area contributed by atoms with E-state index >= 15 is 0 Å². The first-order valence-corrected chi connectivity index (χ1v) is 19.3. The quantitative estimate of drug-likeness (QED) is 0.182. The summed E-state index contributed by atoms with van der Waals surface area (Å²) in [4.78, 5) is 2.54. The van der Waals surface area contributed by atoms with Crippen LogP contribution in [0, 0.1) is 23.7 Å². The van der Waals surface area contributed by atoms with Crippen LogP contribution in [0.15, 0.2) is 140 Å². The lowest BCUT2D eigenvalue weighted by atomic mass is 9.49. The van der Waals surface area contributed by atoms with Crippen molar-refractivity contribution in [3.63, 3.8) is 0 Å². The third-order valence-corrected chi connectivity index (χ3v) is 13.6. The molecule has 0 amide bonds. The fourth-order valence-electron chi connectivity index (χ4n) is 11.6. The second-order valence-corrected chi connectivity index (χ2v) is 16.8. The summed E-state index contributed by atoms with van der Waals surface area (Å²) in [7, 11) is 0. The minimum absolute atomic E-state index is 0.0479. The van der Waals surface area contributed by atoms with E-state index in [4.69, 9.17) is 0 Å². The molecule has 1 nitrogen and oxygen atoms in total. The summed E-state index contributed by atoms with van der Waals surface area (Å²) in [5.74, 6) is 2.91. The molecule has 1 heteroatoms. The Morgan fingerprint density at radius 3 is 1.82 bits per heavy atom. The first kappa shape index (κ1) is 30.9. The molecule has 252 valence electrons. The number of nitrogens with zero attached hydrogens (tertiary/aromatic N) is 1. The van der Waals surface area contributed by atoms with Crippen LogP contribution < -0.4 is 4.90 Å². The molecule has 2 saturated carbocycles. The molecule has 6 aromatic rings. The van der Waals surface area contributed by atoms with Gasteiger partial charge in [-0.3, -0.25) is 0 Å². The van der Waals surface area contributed by atoms with Gasteiger partial charge in [-0.15, -0.1) is 0 Å². The van der Waals surface area contributed by atoms with Crippen LogP contribution >= 0.6 is 0 Å². The molecule has 0 N–H and O–H groups in total. The zero-order valence-corrected chi connectivity index (χ0v) is 30.4. The average molecular weight is 662 g/mol. The molecule has 51 heavy (non-hydrogen) atoms. The molecule has 0 saturated heterocycles. The van der Waals surface area contributed by atoms with Crippen LogP contribution in [-0.2, 0) is 10.8 Å². The van der Waals surface area contributed by atoms with E-state index in [9.17, 15) is 0 Å². The van der Waals surface area contributed by atoms with Crippen LogP contribution in [0.4, 0.5) is 17.1 Å². The lowest BCUT2D eigenvalue weighted by Crippen LogP contribution is -2.49. The fraction of sp³-hybridized carbons (Fsp3) is 0.280. The van der Waals surface area contributed by atoms with Gasteiger partial charge in [-0.2, -0.15) is 0 Å². The Balaban J connectivity index is 1.19. The highest BCUT2D eigenvalue weighted by molar-refractivity contribution is 5.89. The molecule has 5 unspecified atom stereocenters. The maximum Gasteiger partial charge on any atom is 0.0467 e. The molecule has 10 rings (SSSR count). The van der Waals surface area contributed by atoms with Gasteiger partial charge < -0.3 is 4.90 Å². The molecule has 2 bridgehead atoms. The third-order valence-electron chi connectivity index (χ3n) is 13.6. The van der Waals surface area contributed by atoms with E-state index < -0.39 is 0 Å². The predicted octanol–water partition coefficient (Wildman–Crippen LogP) is 13.5. The molecule has 0 heterocycles. The summed E-state index contributed by atoms with van der Waals surface area (Å²) in [6.07, 6.45) is 5.40. The maximum absolute atomic E-state index is 2.62. The smallest absolute Gasteiger partial charge is 0.0467 e. The first-order chi connectivity index (χ1) is 24.8. The number of fused-ring (bicyclic) bond motifs is 11. The SMILES string of the molecule is CC1CC2CC(C)C3(c4ccccc4-c4ccc(N(c5cccc(-c6ccccc6)c5)c5ccc6c(c5)C(C)(C)c5ccccc5-6)cc43)C(C1)C2. The Morgan fingerprint density at radius 1 is 0.471 bits per heavy atom. The Labute approximate surface area is 304 Å². The van der Waals surface area contributed by atoms with Gasteiger partial charge in [0.15, 0.2) is 0 Å². The summed E-state index contributed by atoms with van der Waals surface area (Å²) < 4.78 is 0. The van der Waals surface area contributed by atoms with Crippen LogP contribution in [0.25, 0.3) is 33.4 Å². The summed E-state index contributed by atoms with van der Waals surface area (Å²) >= 11 is 0. The number of hydrogen-bond acceptors (Lipinski definition) is 1. The Hall–Kier alpha value is -4.88. The van der Waals surface area contributed by atoms with Gasteiger partial charge in [0.2, 0.25) is 0 Å². The number of rotatable bonds is 4. The molecule has 2 fully saturated rings. The van der Waals surface area contributed by atoms with Crippen LogP contribution in [0.2, 0.25) is 0 Å². The largest absolute Gasteiger partial charge is 0.310 e. The van der Waals surface area contributed by atoms with Crippen LogP contribution in [0.3, 0.4) is 0 Å². The summed E-state index contributed by atoms with van der Waals surface area (Å²) in [5.41, 5.74) is 17.7. The van der Waals surface area contributed by atoms with Crippen LogP contribution in [0.1, 0.15) is 75.6 Å². The van der Waals surface area contributed by atoms with Gasteiger partial charge in [0.1, 0.15) is 0 Å². The van der Waals surface area contributed by atoms with Crippen molar-refractivity contribution in [2.45, 2.75) is 64.2 Å². The molecular weight excluding hydrogens is 615 g/mol. The molecule has 4 aliphatic rings. The highest BCUT2D eigenvalue weighted by Gasteiger charge is 2.56. The zero-order valence-electron chi connectivity index (χ0n) is 30.4. The third kappa shape index (κ3) is 4.46. The number of anilines is 3. The Morgan fingerprint density at radius 2 is 1.06 bits per heavy atom. The molecule has 0 radical (unpaired) electrons. The van der Waals surface area contributed by atoms with Gasteiger partial charge >= 0.3 is 0 Å². The van der Waals surface area contributed by atoms with Gasteiger partial charge in [-0.25, -0.2) is 0 Å². The van der Waals surface area contributed by atoms with E-state index in [1.165, 1.54) is 87.3 Å². The highest BCUT2D eigenvalue weighted by atomic mass is 15.1. The van der Waals surface area contributed by atoms with Crippen molar-refractivity contribution >= 4 is 17.1 Å². The second kappa shape index (κ2) is 11.3. The van der Waals surface area contributed by atoms with Crippen molar-refractivity contribution in [2.24, 2.45) is 23.7 Å². The van der Waals surface area contributed by atoms with Gasteiger partial charge in [0.05, 0.1) is 0 Å². The second-order valence-electron chi connectivity index (χ2n) is 16.8. The lowest BCUT2D eigenvalue weighted by Gasteiger charge is -2.54. The zero-order chi connectivity index (χ0) is 34.5. The predicted molar refractivity (Wildman–Crippen MR) is 214 cm³/mol. The molecule has 5 atom stereocenters. The van der Waals surface area contributed by atoms with Gasteiger partial charge in [0, 0.05) is 27.9 Å². The minimum Gasteiger partial charge on any atom is -0.310 e. The van der Waals surface area contributed by atoms with Crippen molar-refractivity contribution in [3.05, 3.63) is 162 Å². The van der Waals surface area contributed by atoms with Gasteiger partial charge in [-0.05, 0) is 141 Å². The standard InChI is InChI=1S/C50H47N/c1-32-25-34-27-33(2)50(37(26-32)28-34)46-20-11-9-18-42(46)44-24-22-40(31-48(44)50)51(38-16-12-15-36(29-38)35-13-6-5-7-14-35)39-21-23-43-41-17-8-10-19-45(41)49(3,4)47(43)30-39/h5-24,29-34,37H,25-28H2,1-4H3. The average Bonchev–Trinajstić information content (AvgIpc) is 3.57. The van der Waals surface area contributed by atoms with Crippen molar-refractivity contribution in [1.29, 1.82) is 0 Å².